The molecule has 0 aliphatic carbocycles. The molecule has 0 radical (unpaired) electrons. The van der Waals surface area contributed by atoms with Crippen LogP contribution in [0.4, 0.5) is 0 Å². The van der Waals surface area contributed by atoms with Crippen LogP contribution in [0.15, 0.2) is 29.2 Å². The summed E-state index contributed by atoms with van der Waals surface area (Å²) in [6.07, 6.45) is 0.770. The highest BCUT2D eigenvalue weighted by atomic mass is 35.7. The molecule has 1 aromatic rings. The lowest BCUT2D eigenvalue weighted by atomic mass is 10.0. The molecule has 1 amide bonds. The molecule has 0 saturated carbocycles. The predicted octanol–water partition coefficient (Wildman–Crippen LogP) is 2.53. The average Bonchev–Trinajstić information content (AvgIpc) is 2.27. The van der Waals surface area contributed by atoms with Crippen molar-refractivity contribution < 1.29 is 13.2 Å². The molecule has 0 atom stereocenters. The summed E-state index contributed by atoms with van der Waals surface area (Å²) in [5, 5.41) is 2.82. The van der Waals surface area contributed by atoms with E-state index in [1.165, 1.54) is 18.2 Å². The molecule has 0 aliphatic heterocycles. The number of benzene rings is 1. The van der Waals surface area contributed by atoms with Crippen molar-refractivity contribution in [1.29, 1.82) is 0 Å². The topological polar surface area (TPSA) is 63.2 Å². The summed E-state index contributed by atoms with van der Waals surface area (Å²) >= 11 is 0. The van der Waals surface area contributed by atoms with Gasteiger partial charge >= 0.3 is 0 Å². The maximum absolute atomic E-state index is 11.9. The Bertz CT molecular complexity index is 552. The molecule has 0 aromatic heterocycles. The Morgan fingerprint density at radius 3 is 2.50 bits per heavy atom. The van der Waals surface area contributed by atoms with Crippen LogP contribution in [0, 0.1) is 0 Å². The third-order valence-electron chi connectivity index (χ3n) is 2.71. The van der Waals surface area contributed by atoms with E-state index in [0.717, 1.165) is 6.42 Å². The van der Waals surface area contributed by atoms with Gasteiger partial charge in [-0.1, -0.05) is 13.0 Å². The zero-order valence-electron chi connectivity index (χ0n) is 10.5. The molecular weight excluding hydrogens is 274 g/mol. The Morgan fingerprint density at radius 1 is 1.39 bits per heavy atom. The molecule has 1 aromatic carbocycles. The van der Waals surface area contributed by atoms with Crippen LogP contribution in [-0.2, 0) is 9.05 Å². The van der Waals surface area contributed by atoms with Crippen LogP contribution in [-0.4, -0.2) is 19.9 Å². The number of carbonyl (C=O) groups excluding carboxylic acids is 1. The van der Waals surface area contributed by atoms with Crippen LogP contribution in [0.5, 0.6) is 0 Å². The van der Waals surface area contributed by atoms with E-state index in [1.807, 2.05) is 20.8 Å². The predicted molar refractivity (Wildman–Crippen MR) is 71.3 cm³/mol. The molecule has 4 nitrogen and oxygen atoms in total. The number of carbonyl (C=O) groups is 1. The SMILES string of the molecule is CCC(C)(C)NC(=O)c1cccc(S(=O)(=O)Cl)c1. The largest absolute Gasteiger partial charge is 0.347 e. The molecule has 0 unspecified atom stereocenters. The second-order valence-electron chi connectivity index (χ2n) is 4.66. The van der Waals surface area contributed by atoms with Gasteiger partial charge in [-0.3, -0.25) is 4.79 Å². The van der Waals surface area contributed by atoms with E-state index in [4.69, 9.17) is 10.7 Å². The standard InChI is InChI=1S/C12H16ClNO3S/c1-4-12(2,3)14-11(15)9-6-5-7-10(8-9)18(13,16)17/h5-8H,4H2,1-3H3,(H,14,15). The summed E-state index contributed by atoms with van der Waals surface area (Å²) in [5.41, 5.74) is -0.0642. The Balaban J connectivity index is 3.02. The van der Waals surface area contributed by atoms with E-state index in [-0.39, 0.29) is 21.9 Å². The van der Waals surface area contributed by atoms with E-state index in [1.54, 1.807) is 6.07 Å². The van der Waals surface area contributed by atoms with Gasteiger partial charge in [-0.25, -0.2) is 8.42 Å². The van der Waals surface area contributed by atoms with Gasteiger partial charge in [0.1, 0.15) is 0 Å². The molecule has 0 fully saturated rings. The first kappa shape index (κ1) is 15.0. The lowest BCUT2D eigenvalue weighted by Gasteiger charge is -2.24. The summed E-state index contributed by atoms with van der Waals surface area (Å²) in [7, 11) is 1.42. The van der Waals surface area contributed by atoms with Crippen LogP contribution >= 0.6 is 10.7 Å². The Morgan fingerprint density at radius 2 is 2.00 bits per heavy atom. The minimum atomic E-state index is -3.82. The molecule has 100 valence electrons. The summed E-state index contributed by atoms with van der Waals surface area (Å²) < 4.78 is 22.4. The summed E-state index contributed by atoms with van der Waals surface area (Å²) in [4.78, 5) is 11.9. The number of rotatable bonds is 4. The van der Waals surface area contributed by atoms with E-state index in [9.17, 15) is 13.2 Å². The fraction of sp³-hybridized carbons (Fsp3) is 0.417. The highest BCUT2D eigenvalue weighted by Gasteiger charge is 2.20. The Labute approximate surface area is 112 Å². The quantitative estimate of drug-likeness (QED) is 0.866. The monoisotopic (exact) mass is 289 g/mol. The molecule has 0 heterocycles. The fourth-order valence-corrected chi connectivity index (χ4v) is 2.05. The smallest absolute Gasteiger partial charge is 0.261 e. The first-order chi connectivity index (χ1) is 8.15. The van der Waals surface area contributed by atoms with Gasteiger partial charge in [-0.05, 0) is 38.5 Å². The third kappa shape index (κ3) is 3.99. The highest BCUT2D eigenvalue weighted by Crippen LogP contribution is 2.17. The van der Waals surface area contributed by atoms with Crippen molar-refractivity contribution >= 4 is 25.6 Å². The molecule has 0 spiro atoms. The van der Waals surface area contributed by atoms with Crippen LogP contribution in [0.2, 0.25) is 0 Å². The van der Waals surface area contributed by atoms with Crippen LogP contribution in [0.25, 0.3) is 0 Å². The van der Waals surface area contributed by atoms with Crippen molar-refractivity contribution in [1.82, 2.24) is 5.32 Å². The molecule has 0 bridgehead atoms. The van der Waals surface area contributed by atoms with Gasteiger partial charge in [0.15, 0.2) is 0 Å². The van der Waals surface area contributed by atoms with E-state index >= 15 is 0 Å². The minimum Gasteiger partial charge on any atom is -0.347 e. The van der Waals surface area contributed by atoms with E-state index in [0.29, 0.717) is 0 Å². The highest BCUT2D eigenvalue weighted by molar-refractivity contribution is 8.13. The first-order valence-electron chi connectivity index (χ1n) is 5.53. The number of nitrogens with one attached hydrogen (secondary N) is 1. The summed E-state index contributed by atoms with van der Waals surface area (Å²) in [6, 6.07) is 5.66. The molecule has 18 heavy (non-hydrogen) atoms. The van der Waals surface area contributed by atoms with Crippen molar-refractivity contribution in [3.63, 3.8) is 0 Å². The maximum Gasteiger partial charge on any atom is 0.261 e. The Kier molecular flexibility index (Phi) is 4.40. The van der Waals surface area contributed by atoms with Gasteiger partial charge in [0, 0.05) is 21.8 Å². The van der Waals surface area contributed by atoms with Crippen LogP contribution in [0.3, 0.4) is 0 Å². The molecule has 1 rings (SSSR count). The van der Waals surface area contributed by atoms with Gasteiger partial charge in [0.05, 0.1) is 4.90 Å². The van der Waals surface area contributed by atoms with E-state index in [2.05, 4.69) is 5.32 Å². The van der Waals surface area contributed by atoms with Crippen LogP contribution < -0.4 is 5.32 Å². The zero-order chi connectivity index (χ0) is 14.0. The number of hydrogen-bond acceptors (Lipinski definition) is 3. The average molecular weight is 290 g/mol. The summed E-state index contributed by atoms with van der Waals surface area (Å²) in [6.45, 7) is 5.75. The summed E-state index contributed by atoms with van der Waals surface area (Å²) in [5.74, 6) is -0.316. The minimum absolute atomic E-state index is 0.0777. The molecule has 0 aliphatic rings. The van der Waals surface area contributed by atoms with Gasteiger partial charge in [0.25, 0.3) is 15.0 Å². The zero-order valence-corrected chi connectivity index (χ0v) is 12.1. The molecule has 0 saturated heterocycles. The lowest BCUT2D eigenvalue weighted by Crippen LogP contribution is -2.42. The molecular formula is C12H16ClNO3S. The van der Waals surface area contributed by atoms with Crippen LogP contribution in [0.1, 0.15) is 37.6 Å². The van der Waals surface area contributed by atoms with Crippen molar-refractivity contribution in [2.75, 3.05) is 0 Å². The molecule has 6 heteroatoms. The van der Waals surface area contributed by atoms with Crippen molar-refractivity contribution in [2.45, 2.75) is 37.6 Å². The van der Waals surface area contributed by atoms with Crippen molar-refractivity contribution in [2.24, 2.45) is 0 Å². The lowest BCUT2D eigenvalue weighted by molar-refractivity contribution is 0.0911. The number of amides is 1. The van der Waals surface area contributed by atoms with Gasteiger partial charge in [0.2, 0.25) is 0 Å². The second-order valence-corrected chi connectivity index (χ2v) is 7.22. The van der Waals surface area contributed by atoms with Gasteiger partial charge < -0.3 is 5.32 Å². The van der Waals surface area contributed by atoms with E-state index < -0.39 is 9.05 Å². The van der Waals surface area contributed by atoms with Gasteiger partial charge in [-0.15, -0.1) is 0 Å². The normalized spacial score (nSPS) is 12.2. The maximum atomic E-state index is 11.9. The number of hydrogen-bond donors (Lipinski definition) is 1. The number of halogens is 1. The fourth-order valence-electron chi connectivity index (χ4n) is 1.26. The Hall–Kier alpha value is -1.07. The van der Waals surface area contributed by atoms with Gasteiger partial charge in [-0.2, -0.15) is 0 Å². The van der Waals surface area contributed by atoms with Crippen molar-refractivity contribution in [3.8, 4) is 0 Å². The third-order valence-corrected chi connectivity index (χ3v) is 4.07. The van der Waals surface area contributed by atoms with Crippen molar-refractivity contribution in [3.05, 3.63) is 29.8 Å². The first-order valence-corrected chi connectivity index (χ1v) is 7.84. The molecule has 1 N–H and O–H groups in total. The second kappa shape index (κ2) is 5.28.